The highest BCUT2D eigenvalue weighted by Gasteiger charge is 2.35. The summed E-state index contributed by atoms with van der Waals surface area (Å²) >= 11 is 0. The Hall–Kier alpha value is -0.930. The molecule has 4 heteroatoms. The van der Waals surface area contributed by atoms with Crippen LogP contribution in [0.25, 0.3) is 0 Å². The van der Waals surface area contributed by atoms with Crippen LogP contribution < -0.4 is 0 Å². The Kier molecular flexibility index (Phi) is 2.78. The smallest absolute Gasteiger partial charge is 0.216 e. The number of hydrogen-bond acceptors (Lipinski definition) is 3. The van der Waals surface area contributed by atoms with Crippen molar-refractivity contribution in [3.63, 3.8) is 0 Å². The fourth-order valence-corrected chi connectivity index (χ4v) is 1.83. The lowest BCUT2D eigenvalue weighted by Crippen LogP contribution is -2.26. The van der Waals surface area contributed by atoms with Gasteiger partial charge in [0, 0.05) is 30.1 Å². The van der Waals surface area contributed by atoms with Crippen molar-refractivity contribution in [2.45, 2.75) is 38.6 Å². The second-order valence-corrected chi connectivity index (χ2v) is 3.30. The Morgan fingerprint density at radius 3 is 2.75 bits per heavy atom. The van der Waals surface area contributed by atoms with Crippen LogP contribution in [0.15, 0.2) is 0 Å². The summed E-state index contributed by atoms with van der Waals surface area (Å²) in [5.41, 5.74) is 0. The zero-order valence-corrected chi connectivity index (χ0v) is 7.16. The highest BCUT2D eigenvalue weighted by Crippen LogP contribution is 2.27. The van der Waals surface area contributed by atoms with E-state index in [0.717, 1.165) is 0 Å². The summed E-state index contributed by atoms with van der Waals surface area (Å²) in [5, 5.41) is 10.5. The van der Waals surface area contributed by atoms with Gasteiger partial charge in [0.05, 0.1) is 0 Å². The summed E-state index contributed by atoms with van der Waals surface area (Å²) in [5.74, 6) is 0.179. The van der Waals surface area contributed by atoms with Crippen LogP contribution in [0.2, 0.25) is 0 Å². The molecule has 0 N–H and O–H groups in total. The predicted molar refractivity (Wildman–Crippen MR) is 43.4 cm³/mol. The van der Waals surface area contributed by atoms with Crippen LogP contribution in [0.3, 0.4) is 0 Å². The van der Waals surface area contributed by atoms with Gasteiger partial charge in [0.15, 0.2) is 0 Å². The maximum absolute atomic E-state index is 10.9. The van der Waals surface area contributed by atoms with E-state index in [1.54, 1.807) is 6.92 Å². The van der Waals surface area contributed by atoms with Gasteiger partial charge in [-0.2, -0.15) is 0 Å². The highest BCUT2D eigenvalue weighted by molar-refractivity contribution is 5.80. The lowest BCUT2D eigenvalue weighted by molar-refractivity contribution is -0.532. The summed E-state index contributed by atoms with van der Waals surface area (Å²) in [6.07, 6.45) is 2.19. The Labute approximate surface area is 71.1 Å². The van der Waals surface area contributed by atoms with Crippen LogP contribution in [0.4, 0.5) is 0 Å². The third-order valence-electron chi connectivity index (χ3n) is 2.52. The van der Waals surface area contributed by atoms with Gasteiger partial charge in [-0.1, -0.05) is 6.92 Å². The Balaban J connectivity index is 2.55. The Bertz CT molecular complexity index is 202. The topological polar surface area (TPSA) is 60.2 Å². The molecule has 0 aliphatic heterocycles. The summed E-state index contributed by atoms with van der Waals surface area (Å²) < 4.78 is 0. The number of carbonyl (C=O) groups excluding carboxylic acids is 1. The molecule has 12 heavy (non-hydrogen) atoms. The van der Waals surface area contributed by atoms with E-state index >= 15 is 0 Å². The first-order valence-corrected chi connectivity index (χ1v) is 4.30. The molecule has 0 heterocycles. The van der Waals surface area contributed by atoms with Gasteiger partial charge in [-0.3, -0.25) is 14.9 Å². The van der Waals surface area contributed by atoms with Crippen LogP contribution in [0.5, 0.6) is 0 Å². The molecular weight excluding hydrogens is 158 g/mol. The van der Waals surface area contributed by atoms with E-state index in [1.165, 1.54) is 0 Å². The minimum atomic E-state index is -0.503. The van der Waals surface area contributed by atoms with Gasteiger partial charge in [0.2, 0.25) is 6.04 Å². The molecule has 1 fully saturated rings. The number of hydrogen-bond donors (Lipinski definition) is 0. The fourth-order valence-electron chi connectivity index (χ4n) is 1.83. The van der Waals surface area contributed by atoms with Crippen molar-refractivity contribution in [2.75, 3.05) is 0 Å². The van der Waals surface area contributed by atoms with Gasteiger partial charge in [-0.05, 0) is 6.42 Å². The van der Waals surface area contributed by atoms with E-state index in [-0.39, 0.29) is 16.6 Å². The van der Waals surface area contributed by atoms with Crippen molar-refractivity contribution < 1.29 is 9.72 Å². The van der Waals surface area contributed by atoms with Gasteiger partial charge in [0.1, 0.15) is 5.78 Å². The molecule has 0 aromatic carbocycles. The molecule has 1 saturated carbocycles. The average molecular weight is 171 g/mol. The molecule has 0 amide bonds. The molecule has 68 valence electrons. The number of carbonyl (C=O) groups is 1. The van der Waals surface area contributed by atoms with Crippen molar-refractivity contribution in [3.8, 4) is 0 Å². The molecule has 0 aromatic heterocycles. The molecule has 4 nitrogen and oxygen atoms in total. The summed E-state index contributed by atoms with van der Waals surface area (Å²) in [4.78, 5) is 21.1. The molecule has 1 aliphatic rings. The third kappa shape index (κ3) is 1.81. The van der Waals surface area contributed by atoms with Crippen molar-refractivity contribution in [1.29, 1.82) is 0 Å². The van der Waals surface area contributed by atoms with E-state index in [0.29, 0.717) is 25.7 Å². The zero-order valence-electron chi connectivity index (χ0n) is 7.16. The van der Waals surface area contributed by atoms with E-state index in [1.807, 2.05) is 0 Å². The monoisotopic (exact) mass is 171 g/mol. The van der Waals surface area contributed by atoms with Crippen LogP contribution in [0.1, 0.15) is 32.6 Å². The third-order valence-corrected chi connectivity index (χ3v) is 2.52. The molecule has 1 aliphatic carbocycles. The number of nitro groups is 1. The number of Topliss-reactive ketones (excluding diaryl/α,β-unsaturated/α-hetero) is 1. The zero-order chi connectivity index (χ0) is 9.14. The van der Waals surface area contributed by atoms with Crippen LogP contribution in [-0.4, -0.2) is 16.7 Å². The maximum Gasteiger partial charge on any atom is 0.216 e. The fraction of sp³-hybridized carbons (Fsp3) is 0.875. The van der Waals surface area contributed by atoms with E-state index in [9.17, 15) is 14.9 Å². The molecule has 0 bridgehead atoms. The first-order chi connectivity index (χ1) is 5.65. The second-order valence-electron chi connectivity index (χ2n) is 3.30. The quantitative estimate of drug-likeness (QED) is 0.476. The van der Waals surface area contributed by atoms with Crippen molar-refractivity contribution in [2.24, 2.45) is 5.92 Å². The lowest BCUT2D eigenvalue weighted by atomic mass is 9.97. The molecule has 1 unspecified atom stereocenters. The normalized spacial score (nSPS) is 25.8. The molecule has 0 saturated heterocycles. The highest BCUT2D eigenvalue weighted by atomic mass is 16.6. The second kappa shape index (κ2) is 3.65. The van der Waals surface area contributed by atoms with Crippen LogP contribution >= 0.6 is 0 Å². The average Bonchev–Trinajstić information content (AvgIpc) is 2.37. The molecule has 2 atom stereocenters. The van der Waals surface area contributed by atoms with Crippen LogP contribution in [-0.2, 0) is 4.79 Å². The molecular formula is C8H13NO3. The van der Waals surface area contributed by atoms with Gasteiger partial charge in [0.25, 0.3) is 0 Å². The SMILES string of the molecule is CCC([C@H]1CCC(=O)C1)[N+](=O)[O-]. The summed E-state index contributed by atoms with van der Waals surface area (Å²) in [7, 11) is 0. The Morgan fingerprint density at radius 1 is 1.75 bits per heavy atom. The van der Waals surface area contributed by atoms with Crippen molar-refractivity contribution >= 4 is 5.78 Å². The van der Waals surface area contributed by atoms with Gasteiger partial charge >= 0.3 is 0 Å². The minimum Gasteiger partial charge on any atom is -0.300 e. The molecule has 1 rings (SSSR count). The number of ketones is 1. The summed E-state index contributed by atoms with van der Waals surface area (Å²) in [6.45, 7) is 1.80. The van der Waals surface area contributed by atoms with Gasteiger partial charge in [-0.25, -0.2) is 0 Å². The van der Waals surface area contributed by atoms with Gasteiger partial charge in [-0.15, -0.1) is 0 Å². The standard InChI is InChI=1S/C8H13NO3/c1-2-8(9(11)12)6-3-4-7(10)5-6/h6,8H,2-5H2,1H3/t6-,8?/m0/s1. The molecule has 0 aromatic rings. The predicted octanol–water partition coefficient (Wildman–Crippen LogP) is 1.41. The molecule has 0 radical (unpaired) electrons. The van der Waals surface area contributed by atoms with Gasteiger partial charge < -0.3 is 0 Å². The Morgan fingerprint density at radius 2 is 2.42 bits per heavy atom. The minimum absolute atomic E-state index is 0.00231. The van der Waals surface area contributed by atoms with E-state index in [2.05, 4.69) is 0 Å². The first kappa shape index (κ1) is 9.16. The summed E-state index contributed by atoms with van der Waals surface area (Å²) in [6, 6.07) is -0.503. The van der Waals surface area contributed by atoms with Crippen molar-refractivity contribution in [1.82, 2.24) is 0 Å². The van der Waals surface area contributed by atoms with E-state index in [4.69, 9.17) is 0 Å². The number of rotatable bonds is 3. The number of nitrogens with zero attached hydrogens (tertiary/aromatic N) is 1. The molecule has 0 spiro atoms. The first-order valence-electron chi connectivity index (χ1n) is 4.30. The van der Waals surface area contributed by atoms with Crippen LogP contribution in [0, 0.1) is 16.0 Å². The van der Waals surface area contributed by atoms with Crippen molar-refractivity contribution in [3.05, 3.63) is 10.1 Å². The maximum atomic E-state index is 10.9. The van der Waals surface area contributed by atoms with E-state index < -0.39 is 6.04 Å². The largest absolute Gasteiger partial charge is 0.300 e. The lowest BCUT2D eigenvalue weighted by Gasteiger charge is -2.12.